The molecule has 1 aromatic heterocycles. The van der Waals surface area contributed by atoms with Crippen LogP contribution < -0.4 is 10.6 Å². The summed E-state index contributed by atoms with van der Waals surface area (Å²) in [6.07, 6.45) is 0. The third kappa shape index (κ3) is 4.51. The highest BCUT2D eigenvalue weighted by Gasteiger charge is 2.16. The van der Waals surface area contributed by atoms with E-state index in [1.54, 1.807) is 19.1 Å². The van der Waals surface area contributed by atoms with Crippen LogP contribution in [0.25, 0.3) is 0 Å². The van der Waals surface area contributed by atoms with Gasteiger partial charge in [-0.1, -0.05) is 41.7 Å². The predicted molar refractivity (Wildman–Crippen MR) is 107 cm³/mol. The van der Waals surface area contributed by atoms with Gasteiger partial charge in [0.05, 0.1) is 5.69 Å². The Morgan fingerprint density at radius 2 is 1.78 bits per heavy atom. The van der Waals surface area contributed by atoms with Crippen molar-refractivity contribution in [3.8, 4) is 0 Å². The molecule has 1 amide bonds. The van der Waals surface area contributed by atoms with E-state index in [0.717, 1.165) is 22.6 Å². The highest BCUT2D eigenvalue weighted by Crippen LogP contribution is 2.23. The second-order valence-corrected chi connectivity index (χ2v) is 7.06. The SMILES string of the molecule is Cc1ccccc1NCc1ccc(C(=O)Nc2nc(C)c(C(=O)O)s2)cc1. The maximum absolute atomic E-state index is 12.3. The molecule has 138 valence electrons. The van der Waals surface area contributed by atoms with Crippen molar-refractivity contribution in [2.75, 3.05) is 10.6 Å². The summed E-state index contributed by atoms with van der Waals surface area (Å²) in [5.41, 5.74) is 4.17. The Morgan fingerprint density at radius 3 is 2.41 bits per heavy atom. The summed E-state index contributed by atoms with van der Waals surface area (Å²) in [6, 6.07) is 15.3. The first-order chi connectivity index (χ1) is 12.9. The number of aryl methyl sites for hydroxylation is 2. The Kier molecular flexibility index (Phi) is 5.52. The molecule has 0 saturated heterocycles. The minimum Gasteiger partial charge on any atom is -0.477 e. The lowest BCUT2D eigenvalue weighted by Crippen LogP contribution is -2.11. The molecule has 0 aliphatic carbocycles. The molecule has 1 heterocycles. The van der Waals surface area contributed by atoms with Crippen LogP contribution in [0.4, 0.5) is 10.8 Å². The van der Waals surface area contributed by atoms with Crippen LogP contribution in [0.1, 0.15) is 36.9 Å². The zero-order valence-corrected chi connectivity index (χ0v) is 15.8. The highest BCUT2D eigenvalue weighted by molar-refractivity contribution is 7.17. The van der Waals surface area contributed by atoms with Gasteiger partial charge >= 0.3 is 5.97 Å². The lowest BCUT2D eigenvalue weighted by Gasteiger charge is -2.09. The summed E-state index contributed by atoms with van der Waals surface area (Å²) in [4.78, 5) is 27.6. The van der Waals surface area contributed by atoms with E-state index in [0.29, 0.717) is 17.8 Å². The lowest BCUT2D eigenvalue weighted by atomic mass is 10.1. The van der Waals surface area contributed by atoms with Crippen LogP contribution in [0, 0.1) is 13.8 Å². The maximum Gasteiger partial charge on any atom is 0.347 e. The number of rotatable bonds is 6. The molecule has 0 fully saturated rings. The molecule has 3 N–H and O–H groups in total. The molecule has 0 saturated carbocycles. The van der Waals surface area contributed by atoms with E-state index >= 15 is 0 Å². The second-order valence-electron chi connectivity index (χ2n) is 6.06. The average Bonchev–Trinajstić information content (AvgIpc) is 3.02. The number of carbonyl (C=O) groups is 2. The fourth-order valence-electron chi connectivity index (χ4n) is 2.56. The number of anilines is 2. The van der Waals surface area contributed by atoms with Crippen molar-refractivity contribution >= 4 is 34.0 Å². The number of thiazole rings is 1. The number of carbonyl (C=O) groups excluding carboxylic acids is 1. The third-order valence-corrected chi connectivity index (χ3v) is 5.12. The van der Waals surface area contributed by atoms with Crippen LogP contribution in [0.5, 0.6) is 0 Å². The van der Waals surface area contributed by atoms with E-state index in [1.807, 2.05) is 43.3 Å². The summed E-state index contributed by atoms with van der Waals surface area (Å²) in [6.45, 7) is 4.30. The van der Waals surface area contributed by atoms with Crippen LogP contribution in [-0.2, 0) is 6.54 Å². The van der Waals surface area contributed by atoms with Gasteiger partial charge < -0.3 is 10.4 Å². The van der Waals surface area contributed by atoms with Crippen molar-refractivity contribution in [2.24, 2.45) is 0 Å². The van der Waals surface area contributed by atoms with Gasteiger partial charge in [-0.3, -0.25) is 10.1 Å². The molecule has 0 aliphatic rings. The molecule has 0 bridgehead atoms. The largest absolute Gasteiger partial charge is 0.477 e. The van der Waals surface area contributed by atoms with Crippen LogP contribution >= 0.6 is 11.3 Å². The molecule has 27 heavy (non-hydrogen) atoms. The van der Waals surface area contributed by atoms with Crippen molar-refractivity contribution in [3.05, 3.63) is 75.8 Å². The Labute approximate surface area is 160 Å². The molecule has 3 aromatic rings. The van der Waals surface area contributed by atoms with Crippen molar-refractivity contribution in [1.29, 1.82) is 0 Å². The molecule has 0 unspecified atom stereocenters. The Bertz CT molecular complexity index is 980. The number of benzene rings is 2. The van der Waals surface area contributed by atoms with E-state index in [2.05, 4.69) is 15.6 Å². The Morgan fingerprint density at radius 1 is 1.07 bits per heavy atom. The minimum atomic E-state index is -1.05. The molecule has 2 aromatic carbocycles. The standard InChI is InChI=1S/C20H19N3O3S/c1-12-5-3-4-6-16(12)21-11-14-7-9-15(10-8-14)18(24)23-20-22-13(2)17(27-20)19(25)26/h3-10,21H,11H2,1-2H3,(H,25,26)(H,22,23,24). The summed E-state index contributed by atoms with van der Waals surface area (Å²) in [5.74, 6) is -1.37. The zero-order chi connectivity index (χ0) is 19.4. The molecule has 0 aliphatic heterocycles. The first-order valence-electron chi connectivity index (χ1n) is 8.34. The van der Waals surface area contributed by atoms with Gasteiger partial charge in [0.15, 0.2) is 5.13 Å². The van der Waals surface area contributed by atoms with Gasteiger partial charge in [-0.25, -0.2) is 9.78 Å². The summed E-state index contributed by atoms with van der Waals surface area (Å²) in [7, 11) is 0. The highest BCUT2D eigenvalue weighted by atomic mass is 32.1. The number of carboxylic acids is 1. The van der Waals surface area contributed by atoms with Gasteiger partial charge in [0.1, 0.15) is 4.88 Å². The molecular formula is C20H19N3O3S. The topological polar surface area (TPSA) is 91.3 Å². The van der Waals surface area contributed by atoms with Crippen molar-refractivity contribution in [1.82, 2.24) is 4.98 Å². The molecule has 6 nitrogen and oxygen atoms in total. The minimum absolute atomic E-state index is 0.128. The fraction of sp³-hybridized carbons (Fsp3) is 0.150. The Hall–Kier alpha value is -3.19. The summed E-state index contributed by atoms with van der Waals surface area (Å²) < 4.78 is 0. The summed E-state index contributed by atoms with van der Waals surface area (Å²) in [5, 5.41) is 15.4. The van der Waals surface area contributed by atoms with Crippen LogP contribution in [0.3, 0.4) is 0 Å². The zero-order valence-electron chi connectivity index (χ0n) is 14.9. The van der Waals surface area contributed by atoms with E-state index < -0.39 is 5.97 Å². The molecule has 3 rings (SSSR count). The van der Waals surface area contributed by atoms with E-state index in [1.165, 1.54) is 5.56 Å². The number of para-hydroxylation sites is 1. The molecule has 0 atom stereocenters. The van der Waals surface area contributed by atoms with Gasteiger partial charge in [-0.05, 0) is 43.2 Å². The Balaban J connectivity index is 1.62. The molecule has 7 heteroatoms. The van der Waals surface area contributed by atoms with E-state index in [-0.39, 0.29) is 15.9 Å². The lowest BCUT2D eigenvalue weighted by molar-refractivity contribution is 0.0701. The van der Waals surface area contributed by atoms with E-state index in [4.69, 9.17) is 5.11 Å². The first kappa shape index (κ1) is 18.6. The monoisotopic (exact) mass is 381 g/mol. The average molecular weight is 381 g/mol. The number of carboxylic acid groups (broad SMARTS) is 1. The first-order valence-corrected chi connectivity index (χ1v) is 9.16. The van der Waals surface area contributed by atoms with Gasteiger partial charge in [0.25, 0.3) is 5.91 Å². The molecule has 0 radical (unpaired) electrons. The number of amides is 1. The normalized spacial score (nSPS) is 10.4. The third-order valence-electron chi connectivity index (χ3n) is 4.06. The number of nitrogens with zero attached hydrogens (tertiary/aromatic N) is 1. The maximum atomic E-state index is 12.3. The molecular weight excluding hydrogens is 362 g/mol. The van der Waals surface area contributed by atoms with E-state index in [9.17, 15) is 9.59 Å². The van der Waals surface area contributed by atoms with Gasteiger partial charge in [-0.2, -0.15) is 0 Å². The summed E-state index contributed by atoms with van der Waals surface area (Å²) >= 11 is 0.948. The number of aromatic carboxylic acids is 1. The quantitative estimate of drug-likeness (QED) is 0.591. The smallest absolute Gasteiger partial charge is 0.347 e. The number of hydrogen-bond donors (Lipinski definition) is 3. The van der Waals surface area contributed by atoms with Crippen LogP contribution in [0.15, 0.2) is 48.5 Å². The number of aromatic nitrogens is 1. The van der Waals surface area contributed by atoms with Gasteiger partial charge in [-0.15, -0.1) is 0 Å². The predicted octanol–water partition coefficient (Wildman–Crippen LogP) is 4.32. The number of nitrogens with one attached hydrogen (secondary N) is 2. The van der Waals surface area contributed by atoms with Crippen molar-refractivity contribution in [2.45, 2.75) is 20.4 Å². The van der Waals surface area contributed by atoms with Crippen molar-refractivity contribution in [3.63, 3.8) is 0 Å². The van der Waals surface area contributed by atoms with Crippen LogP contribution in [0.2, 0.25) is 0 Å². The van der Waals surface area contributed by atoms with Gasteiger partial charge in [0, 0.05) is 17.8 Å². The molecule has 0 spiro atoms. The number of hydrogen-bond acceptors (Lipinski definition) is 5. The van der Waals surface area contributed by atoms with Crippen LogP contribution in [-0.4, -0.2) is 22.0 Å². The van der Waals surface area contributed by atoms with Crippen molar-refractivity contribution < 1.29 is 14.7 Å². The van der Waals surface area contributed by atoms with Gasteiger partial charge in [0.2, 0.25) is 0 Å². The second kappa shape index (κ2) is 8.01. The fourth-order valence-corrected chi connectivity index (χ4v) is 3.36.